The first-order valence-corrected chi connectivity index (χ1v) is 7.25. The van der Waals surface area contributed by atoms with Gasteiger partial charge in [-0.25, -0.2) is 0 Å². The van der Waals surface area contributed by atoms with E-state index < -0.39 is 0 Å². The highest BCUT2D eigenvalue weighted by Gasteiger charge is 2.20. The van der Waals surface area contributed by atoms with Gasteiger partial charge in [0, 0.05) is 5.56 Å². The van der Waals surface area contributed by atoms with Crippen molar-refractivity contribution in [3.8, 4) is 11.1 Å². The lowest BCUT2D eigenvalue weighted by Gasteiger charge is -2.13. The summed E-state index contributed by atoms with van der Waals surface area (Å²) in [5.41, 5.74) is 14.1. The van der Waals surface area contributed by atoms with E-state index in [1.807, 2.05) is 13.0 Å². The van der Waals surface area contributed by atoms with E-state index in [1.165, 1.54) is 22.3 Å². The van der Waals surface area contributed by atoms with Gasteiger partial charge >= 0.3 is 0 Å². The van der Waals surface area contributed by atoms with Crippen molar-refractivity contribution in [3.63, 3.8) is 0 Å². The summed E-state index contributed by atoms with van der Waals surface area (Å²) in [4.78, 5) is 0. The van der Waals surface area contributed by atoms with Crippen LogP contribution < -0.4 is 5.73 Å². The molecule has 1 aliphatic rings. The molecule has 2 N–H and O–H groups in total. The molecular formula is C19H17NO. The normalized spacial score (nSPS) is 13.8. The molecule has 104 valence electrons. The highest BCUT2D eigenvalue weighted by molar-refractivity contribution is 5.77. The molecule has 0 amide bonds. The predicted molar refractivity (Wildman–Crippen MR) is 84.2 cm³/mol. The molecule has 4 rings (SSSR count). The van der Waals surface area contributed by atoms with E-state index in [0.717, 1.165) is 23.3 Å². The van der Waals surface area contributed by atoms with Crippen molar-refractivity contribution in [2.45, 2.75) is 19.4 Å². The van der Waals surface area contributed by atoms with Gasteiger partial charge in [-0.15, -0.1) is 0 Å². The molecule has 2 heteroatoms. The minimum Gasteiger partial charge on any atom is -0.469 e. The van der Waals surface area contributed by atoms with Crippen LogP contribution in [-0.4, -0.2) is 0 Å². The highest BCUT2D eigenvalue weighted by atomic mass is 16.3. The summed E-state index contributed by atoms with van der Waals surface area (Å²) >= 11 is 0. The second-order valence-electron chi connectivity index (χ2n) is 5.66. The fourth-order valence-electron chi connectivity index (χ4n) is 3.23. The number of hydrogen-bond donors (Lipinski definition) is 1. The Kier molecular flexibility index (Phi) is 2.72. The van der Waals surface area contributed by atoms with Crippen molar-refractivity contribution < 1.29 is 4.42 Å². The SMILES string of the molecule is Cc1occc1C(N)c1ccc2c(c1)-c1ccccc1C2. The number of nitrogens with two attached hydrogens (primary N) is 1. The van der Waals surface area contributed by atoms with Gasteiger partial charge in [0.05, 0.1) is 12.3 Å². The van der Waals surface area contributed by atoms with E-state index in [9.17, 15) is 0 Å². The van der Waals surface area contributed by atoms with Crippen molar-refractivity contribution in [3.05, 3.63) is 82.8 Å². The lowest BCUT2D eigenvalue weighted by molar-refractivity contribution is 0.527. The van der Waals surface area contributed by atoms with Crippen molar-refractivity contribution in [1.82, 2.24) is 0 Å². The summed E-state index contributed by atoms with van der Waals surface area (Å²) in [5.74, 6) is 0.892. The average molecular weight is 275 g/mol. The molecule has 0 radical (unpaired) electrons. The predicted octanol–water partition coefficient (Wildman–Crippen LogP) is 4.21. The summed E-state index contributed by atoms with van der Waals surface area (Å²) in [6.07, 6.45) is 2.72. The Labute approximate surface area is 124 Å². The highest BCUT2D eigenvalue weighted by Crippen LogP contribution is 2.38. The van der Waals surface area contributed by atoms with Gasteiger partial charge in [0.15, 0.2) is 0 Å². The van der Waals surface area contributed by atoms with Crippen LogP contribution in [0, 0.1) is 6.92 Å². The first-order valence-electron chi connectivity index (χ1n) is 7.25. The van der Waals surface area contributed by atoms with Gasteiger partial charge in [-0.3, -0.25) is 0 Å². The molecule has 0 saturated heterocycles. The number of aryl methyl sites for hydroxylation is 1. The van der Waals surface area contributed by atoms with Crippen LogP contribution in [0.4, 0.5) is 0 Å². The second-order valence-corrected chi connectivity index (χ2v) is 5.66. The van der Waals surface area contributed by atoms with Gasteiger partial charge in [0.2, 0.25) is 0 Å². The van der Waals surface area contributed by atoms with Gasteiger partial charge in [0.1, 0.15) is 5.76 Å². The maximum absolute atomic E-state index is 6.42. The van der Waals surface area contributed by atoms with Crippen LogP contribution in [0.5, 0.6) is 0 Å². The van der Waals surface area contributed by atoms with E-state index >= 15 is 0 Å². The number of furan rings is 1. The van der Waals surface area contributed by atoms with Gasteiger partial charge in [-0.1, -0.05) is 36.4 Å². The van der Waals surface area contributed by atoms with E-state index in [0.29, 0.717) is 0 Å². The van der Waals surface area contributed by atoms with Crippen LogP contribution in [0.15, 0.2) is 59.2 Å². The molecule has 0 aliphatic heterocycles. The third-order valence-electron chi connectivity index (χ3n) is 4.42. The van der Waals surface area contributed by atoms with Crippen LogP contribution in [0.1, 0.15) is 34.1 Å². The molecule has 1 unspecified atom stereocenters. The Morgan fingerprint density at radius 3 is 2.62 bits per heavy atom. The summed E-state index contributed by atoms with van der Waals surface area (Å²) < 4.78 is 5.38. The van der Waals surface area contributed by atoms with Gasteiger partial charge in [0.25, 0.3) is 0 Å². The molecule has 2 nitrogen and oxygen atoms in total. The third-order valence-corrected chi connectivity index (χ3v) is 4.42. The third kappa shape index (κ3) is 1.91. The van der Waals surface area contributed by atoms with Crippen LogP contribution in [-0.2, 0) is 6.42 Å². The Balaban J connectivity index is 1.80. The second kappa shape index (κ2) is 4.61. The Morgan fingerprint density at radius 1 is 1.00 bits per heavy atom. The number of hydrogen-bond acceptors (Lipinski definition) is 2. The van der Waals surface area contributed by atoms with Crippen molar-refractivity contribution in [2.75, 3.05) is 0 Å². The Bertz CT molecular complexity index is 816. The van der Waals surface area contributed by atoms with Crippen LogP contribution in [0.3, 0.4) is 0 Å². The van der Waals surface area contributed by atoms with Crippen LogP contribution >= 0.6 is 0 Å². The lowest BCUT2D eigenvalue weighted by Crippen LogP contribution is -2.12. The molecule has 3 aromatic rings. The topological polar surface area (TPSA) is 39.2 Å². The smallest absolute Gasteiger partial charge is 0.105 e. The molecule has 1 aromatic heterocycles. The zero-order chi connectivity index (χ0) is 14.4. The maximum atomic E-state index is 6.42. The van der Waals surface area contributed by atoms with E-state index in [-0.39, 0.29) is 6.04 Å². The van der Waals surface area contributed by atoms with Gasteiger partial charge < -0.3 is 10.2 Å². The molecular weight excluding hydrogens is 258 g/mol. The van der Waals surface area contributed by atoms with E-state index in [1.54, 1.807) is 6.26 Å². The van der Waals surface area contributed by atoms with Gasteiger partial charge in [-0.05, 0) is 53.3 Å². The maximum Gasteiger partial charge on any atom is 0.105 e. The molecule has 2 aromatic carbocycles. The molecule has 1 heterocycles. The van der Waals surface area contributed by atoms with E-state index in [2.05, 4.69) is 42.5 Å². The fraction of sp³-hybridized carbons (Fsp3) is 0.158. The minimum absolute atomic E-state index is 0.137. The quantitative estimate of drug-likeness (QED) is 0.595. The average Bonchev–Trinajstić information content (AvgIpc) is 3.09. The largest absolute Gasteiger partial charge is 0.469 e. The summed E-state index contributed by atoms with van der Waals surface area (Å²) in [5, 5.41) is 0. The van der Waals surface area contributed by atoms with Gasteiger partial charge in [-0.2, -0.15) is 0 Å². The van der Waals surface area contributed by atoms with Crippen LogP contribution in [0.25, 0.3) is 11.1 Å². The first-order chi connectivity index (χ1) is 10.2. The van der Waals surface area contributed by atoms with Crippen LogP contribution in [0.2, 0.25) is 0 Å². The molecule has 1 aliphatic carbocycles. The minimum atomic E-state index is -0.137. The lowest BCUT2D eigenvalue weighted by atomic mass is 9.95. The van der Waals surface area contributed by atoms with E-state index in [4.69, 9.17) is 10.2 Å². The molecule has 0 bridgehead atoms. The summed E-state index contributed by atoms with van der Waals surface area (Å²) in [6.45, 7) is 1.96. The molecule has 0 saturated carbocycles. The Hall–Kier alpha value is -2.32. The monoisotopic (exact) mass is 275 g/mol. The molecule has 1 atom stereocenters. The number of fused-ring (bicyclic) bond motifs is 3. The number of benzene rings is 2. The first kappa shape index (κ1) is 12.4. The van der Waals surface area contributed by atoms with Crippen molar-refractivity contribution >= 4 is 0 Å². The summed E-state index contributed by atoms with van der Waals surface area (Å²) in [6, 6.07) is 17.0. The number of rotatable bonds is 2. The molecule has 0 spiro atoms. The van der Waals surface area contributed by atoms with Crippen molar-refractivity contribution in [1.29, 1.82) is 0 Å². The van der Waals surface area contributed by atoms with Crippen molar-refractivity contribution in [2.24, 2.45) is 5.73 Å². The summed E-state index contributed by atoms with van der Waals surface area (Å²) in [7, 11) is 0. The standard InChI is InChI=1S/C19H17NO/c1-12-16(8-9-21-12)19(20)15-7-6-14-10-13-4-2-3-5-17(13)18(14)11-15/h2-9,11,19H,10,20H2,1H3. The zero-order valence-corrected chi connectivity index (χ0v) is 12.0. The molecule has 0 fully saturated rings. The Morgan fingerprint density at radius 2 is 1.81 bits per heavy atom. The fourth-order valence-corrected chi connectivity index (χ4v) is 3.23. The molecule has 21 heavy (non-hydrogen) atoms. The zero-order valence-electron chi connectivity index (χ0n) is 12.0.